The zero-order chi connectivity index (χ0) is 20.6. The normalized spacial score (nSPS) is 18.5. The number of esters is 1. The quantitative estimate of drug-likeness (QED) is 0.299. The molecule has 0 aromatic rings. The van der Waals surface area contributed by atoms with Crippen molar-refractivity contribution in [3.63, 3.8) is 0 Å². The number of fused-ring (bicyclic) bond motifs is 1. The van der Waals surface area contributed by atoms with Gasteiger partial charge in [-0.15, -0.1) is 24.0 Å². The topological polar surface area (TPSA) is 83.5 Å². The molecule has 0 aromatic heterocycles. The third kappa shape index (κ3) is 8.96. The number of rotatable bonds is 8. The third-order valence-electron chi connectivity index (χ3n) is 4.93. The number of guanidine groups is 1. The van der Waals surface area contributed by atoms with E-state index >= 15 is 0 Å². The molecule has 0 aromatic carbocycles. The van der Waals surface area contributed by atoms with Gasteiger partial charge < -0.3 is 24.6 Å². The maximum Gasteiger partial charge on any atom is 0.410 e. The summed E-state index contributed by atoms with van der Waals surface area (Å²) < 4.78 is 10.1. The SMILES string of the molecule is COC(=O)CCCCCCCNC1=NCC2CN(C(=O)OC(C)(C)C)CCN12.I. The van der Waals surface area contributed by atoms with E-state index in [2.05, 4.69) is 19.9 Å². The molecule has 0 saturated carbocycles. The fraction of sp³-hybridized carbons (Fsp3) is 0.850. The number of aliphatic imine (C=N–C) groups is 1. The van der Waals surface area contributed by atoms with E-state index < -0.39 is 5.60 Å². The molecule has 2 aliphatic heterocycles. The molecular weight excluding hydrogens is 487 g/mol. The lowest BCUT2D eigenvalue weighted by Crippen LogP contribution is -2.57. The van der Waals surface area contributed by atoms with Gasteiger partial charge in [0, 0.05) is 32.6 Å². The van der Waals surface area contributed by atoms with Crippen molar-refractivity contribution in [1.82, 2.24) is 15.1 Å². The van der Waals surface area contributed by atoms with Gasteiger partial charge >= 0.3 is 12.1 Å². The summed E-state index contributed by atoms with van der Waals surface area (Å²) in [6.07, 6.45) is 5.59. The van der Waals surface area contributed by atoms with Crippen LogP contribution in [-0.2, 0) is 14.3 Å². The van der Waals surface area contributed by atoms with Crippen LogP contribution < -0.4 is 5.32 Å². The Kier molecular flexibility index (Phi) is 11.1. The van der Waals surface area contributed by atoms with Gasteiger partial charge in [0.2, 0.25) is 0 Å². The van der Waals surface area contributed by atoms with Crippen molar-refractivity contribution in [1.29, 1.82) is 0 Å². The number of carbonyl (C=O) groups excluding carboxylic acids is 2. The van der Waals surface area contributed by atoms with Crippen LogP contribution in [0, 0.1) is 0 Å². The van der Waals surface area contributed by atoms with E-state index in [0.717, 1.165) is 57.7 Å². The highest BCUT2D eigenvalue weighted by molar-refractivity contribution is 14.0. The molecule has 0 aliphatic carbocycles. The number of halogens is 1. The second-order valence-electron chi connectivity index (χ2n) is 8.46. The van der Waals surface area contributed by atoms with Crippen molar-refractivity contribution in [2.75, 3.05) is 39.8 Å². The molecule has 29 heavy (non-hydrogen) atoms. The van der Waals surface area contributed by atoms with Gasteiger partial charge in [0.15, 0.2) is 5.96 Å². The first-order chi connectivity index (χ1) is 13.3. The molecule has 1 unspecified atom stereocenters. The molecule has 9 heteroatoms. The van der Waals surface area contributed by atoms with Gasteiger partial charge in [0.05, 0.1) is 19.7 Å². The summed E-state index contributed by atoms with van der Waals surface area (Å²) in [6.45, 7) is 9.38. The van der Waals surface area contributed by atoms with Crippen molar-refractivity contribution in [3.8, 4) is 0 Å². The maximum atomic E-state index is 12.3. The van der Waals surface area contributed by atoms with Crippen LogP contribution in [0.5, 0.6) is 0 Å². The highest BCUT2D eigenvalue weighted by Crippen LogP contribution is 2.18. The minimum Gasteiger partial charge on any atom is -0.469 e. The standard InChI is InChI=1S/C20H36N4O4.HI/c1-20(2,3)28-19(26)23-12-13-24-16(15-23)14-22-18(24)21-11-9-7-5-6-8-10-17(25)27-4;/h16H,5-15H2,1-4H3,(H,21,22);1H. The van der Waals surface area contributed by atoms with Crippen molar-refractivity contribution in [2.24, 2.45) is 4.99 Å². The van der Waals surface area contributed by atoms with Crippen LogP contribution in [0.2, 0.25) is 0 Å². The summed E-state index contributed by atoms with van der Waals surface area (Å²) in [7, 11) is 1.43. The number of carbonyl (C=O) groups is 2. The van der Waals surface area contributed by atoms with Crippen molar-refractivity contribution in [3.05, 3.63) is 0 Å². The Hall–Kier alpha value is -1.26. The predicted molar refractivity (Wildman–Crippen MR) is 124 cm³/mol. The minimum absolute atomic E-state index is 0. The molecule has 0 radical (unpaired) electrons. The van der Waals surface area contributed by atoms with E-state index in [1.165, 1.54) is 7.11 Å². The smallest absolute Gasteiger partial charge is 0.410 e. The first kappa shape index (κ1) is 25.8. The highest BCUT2D eigenvalue weighted by Gasteiger charge is 2.36. The number of piperazine rings is 1. The average Bonchev–Trinajstić information content (AvgIpc) is 3.04. The first-order valence-corrected chi connectivity index (χ1v) is 10.4. The largest absolute Gasteiger partial charge is 0.469 e. The van der Waals surface area contributed by atoms with Gasteiger partial charge in [0.1, 0.15) is 5.60 Å². The average molecular weight is 524 g/mol. The van der Waals surface area contributed by atoms with Gasteiger partial charge in [0.25, 0.3) is 0 Å². The van der Waals surface area contributed by atoms with Crippen molar-refractivity contribution in [2.45, 2.75) is 70.9 Å². The summed E-state index contributed by atoms with van der Waals surface area (Å²) in [5, 5.41) is 3.45. The number of nitrogens with one attached hydrogen (secondary N) is 1. The van der Waals surface area contributed by atoms with Crippen LogP contribution in [0.3, 0.4) is 0 Å². The Balaban J connectivity index is 0.00000420. The molecule has 8 nitrogen and oxygen atoms in total. The summed E-state index contributed by atoms with van der Waals surface area (Å²) >= 11 is 0. The van der Waals surface area contributed by atoms with E-state index in [9.17, 15) is 9.59 Å². The maximum absolute atomic E-state index is 12.3. The zero-order valence-electron chi connectivity index (χ0n) is 18.2. The summed E-state index contributed by atoms with van der Waals surface area (Å²) in [5.41, 5.74) is -0.466. The van der Waals surface area contributed by atoms with E-state index in [-0.39, 0.29) is 42.1 Å². The monoisotopic (exact) mass is 524 g/mol. The minimum atomic E-state index is -0.466. The summed E-state index contributed by atoms with van der Waals surface area (Å²) in [5.74, 6) is 0.835. The molecule has 1 atom stereocenters. The fourth-order valence-corrected chi connectivity index (χ4v) is 3.45. The number of unbranched alkanes of at least 4 members (excludes halogenated alkanes) is 4. The fourth-order valence-electron chi connectivity index (χ4n) is 3.45. The summed E-state index contributed by atoms with van der Waals surface area (Å²) in [4.78, 5) is 32.0. The van der Waals surface area contributed by atoms with Crippen LogP contribution in [0.1, 0.15) is 59.3 Å². The molecule has 0 bridgehead atoms. The number of nitrogens with zero attached hydrogens (tertiary/aromatic N) is 3. The molecule has 2 aliphatic rings. The van der Waals surface area contributed by atoms with E-state index in [1.807, 2.05) is 20.8 Å². The third-order valence-corrected chi connectivity index (χ3v) is 4.93. The zero-order valence-corrected chi connectivity index (χ0v) is 20.6. The Morgan fingerprint density at radius 1 is 1.14 bits per heavy atom. The van der Waals surface area contributed by atoms with Gasteiger partial charge in [-0.3, -0.25) is 9.79 Å². The number of hydrogen-bond acceptors (Lipinski definition) is 7. The molecule has 1 amide bonds. The van der Waals surface area contributed by atoms with Crippen LogP contribution in [0.25, 0.3) is 0 Å². The summed E-state index contributed by atoms with van der Waals surface area (Å²) in [6, 6.07) is 0.238. The van der Waals surface area contributed by atoms with Crippen molar-refractivity contribution < 1.29 is 19.1 Å². The highest BCUT2D eigenvalue weighted by atomic mass is 127. The van der Waals surface area contributed by atoms with Crippen LogP contribution >= 0.6 is 24.0 Å². The van der Waals surface area contributed by atoms with Crippen LogP contribution in [-0.4, -0.2) is 79.3 Å². The van der Waals surface area contributed by atoms with Gasteiger partial charge in [-0.05, 0) is 33.6 Å². The number of ether oxygens (including phenoxy) is 2. The van der Waals surface area contributed by atoms with Gasteiger partial charge in [-0.25, -0.2) is 4.79 Å². The molecule has 1 N–H and O–H groups in total. The van der Waals surface area contributed by atoms with E-state index in [4.69, 9.17) is 4.74 Å². The van der Waals surface area contributed by atoms with Crippen LogP contribution in [0.15, 0.2) is 4.99 Å². The Labute approximate surface area is 191 Å². The van der Waals surface area contributed by atoms with E-state index in [0.29, 0.717) is 19.5 Å². The molecule has 2 rings (SSSR count). The molecule has 0 spiro atoms. The Morgan fingerprint density at radius 2 is 1.83 bits per heavy atom. The predicted octanol–water partition coefficient (Wildman–Crippen LogP) is 3.00. The molecule has 2 heterocycles. The second-order valence-corrected chi connectivity index (χ2v) is 8.46. The molecule has 1 fully saturated rings. The van der Waals surface area contributed by atoms with Crippen LogP contribution in [0.4, 0.5) is 4.79 Å². The Morgan fingerprint density at radius 3 is 2.52 bits per heavy atom. The Bertz CT molecular complexity index is 565. The lowest BCUT2D eigenvalue weighted by molar-refractivity contribution is -0.140. The van der Waals surface area contributed by atoms with E-state index in [1.54, 1.807) is 4.90 Å². The molecular formula is C20H37IN4O4. The molecule has 1 saturated heterocycles. The second kappa shape index (κ2) is 12.4. The van der Waals surface area contributed by atoms with Gasteiger partial charge in [-0.2, -0.15) is 0 Å². The lowest BCUT2D eigenvalue weighted by atomic mass is 10.1. The number of hydrogen-bond donors (Lipinski definition) is 1. The van der Waals surface area contributed by atoms with Gasteiger partial charge in [-0.1, -0.05) is 19.3 Å². The number of amides is 1. The molecule has 168 valence electrons. The first-order valence-electron chi connectivity index (χ1n) is 10.4. The lowest BCUT2D eigenvalue weighted by Gasteiger charge is -2.39. The van der Waals surface area contributed by atoms with Crippen molar-refractivity contribution >= 4 is 42.0 Å². The number of methoxy groups -OCH3 is 1.